The third kappa shape index (κ3) is 3.31. The van der Waals surface area contributed by atoms with Gasteiger partial charge in [-0.15, -0.1) is 0 Å². The number of ether oxygens (including phenoxy) is 6. The van der Waals surface area contributed by atoms with Crippen LogP contribution in [0.4, 0.5) is 0 Å². The molecule has 5 atom stereocenters. The van der Waals surface area contributed by atoms with E-state index in [-0.39, 0.29) is 18.8 Å². The molecule has 6 heteroatoms. The van der Waals surface area contributed by atoms with Gasteiger partial charge in [0.2, 0.25) is 0 Å². The van der Waals surface area contributed by atoms with E-state index in [1.807, 2.05) is 0 Å². The Morgan fingerprint density at radius 1 is 1.04 bits per heavy atom. The molecule has 6 nitrogen and oxygen atoms in total. The van der Waals surface area contributed by atoms with Crippen molar-refractivity contribution in [1.82, 2.24) is 0 Å². The number of hydrogen-bond donors (Lipinski definition) is 0. The zero-order chi connectivity index (χ0) is 17.0. The predicted octanol–water partition coefficient (Wildman–Crippen LogP) is 3.00. The van der Waals surface area contributed by atoms with Crippen molar-refractivity contribution in [2.24, 2.45) is 0 Å². The Labute approximate surface area is 143 Å². The lowest BCUT2D eigenvalue weighted by molar-refractivity contribution is -0.254. The molecular formula is C18H26O6. The molecule has 3 fully saturated rings. The zero-order valence-electron chi connectivity index (χ0n) is 13.9. The predicted molar refractivity (Wildman–Crippen MR) is 86.7 cm³/mol. The maximum absolute atomic E-state index is 6.28. The highest BCUT2D eigenvalue weighted by molar-refractivity contribution is 5.00. The maximum atomic E-state index is 6.28. The van der Waals surface area contributed by atoms with Crippen molar-refractivity contribution in [2.75, 3.05) is 6.61 Å². The molecule has 0 N–H and O–H groups in total. The third-order valence-electron chi connectivity index (χ3n) is 4.77. The van der Waals surface area contributed by atoms with Gasteiger partial charge in [0.25, 0.3) is 0 Å². The van der Waals surface area contributed by atoms with Gasteiger partial charge in [0.15, 0.2) is 30.4 Å². The molecule has 0 amide bonds. The SMILES string of the molecule is C=COC[C@@H](OC=C)[C@H]1O[C@@H]2OC3(CCCCC3)O[C@@H]2[C@H]1OC=C. The maximum Gasteiger partial charge on any atom is 0.191 e. The highest BCUT2D eigenvalue weighted by Crippen LogP contribution is 2.46. The lowest BCUT2D eigenvalue weighted by Crippen LogP contribution is -2.45. The third-order valence-corrected chi connectivity index (χ3v) is 4.77. The smallest absolute Gasteiger partial charge is 0.191 e. The van der Waals surface area contributed by atoms with Crippen molar-refractivity contribution < 1.29 is 28.4 Å². The van der Waals surface area contributed by atoms with Gasteiger partial charge >= 0.3 is 0 Å². The molecule has 3 aliphatic rings. The summed E-state index contributed by atoms with van der Waals surface area (Å²) in [5, 5.41) is 0. The van der Waals surface area contributed by atoms with Crippen LogP contribution in [0, 0.1) is 0 Å². The van der Waals surface area contributed by atoms with Crippen molar-refractivity contribution in [2.45, 2.75) is 68.6 Å². The summed E-state index contributed by atoms with van der Waals surface area (Å²) >= 11 is 0. The van der Waals surface area contributed by atoms with Gasteiger partial charge in [-0.1, -0.05) is 26.2 Å². The molecule has 134 valence electrons. The topological polar surface area (TPSA) is 55.4 Å². The second-order valence-corrected chi connectivity index (χ2v) is 6.25. The van der Waals surface area contributed by atoms with E-state index in [1.165, 1.54) is 25.2 Å². The van der Waals surface area contributed by atoms with Crippen LogP contribution in [0.3, 0.4) is 0 Å². The van der Waals surface area contributed by atoms with E-state index >= 15 is 0 Å². The summed E-state index contributed by atoms with van der Waals surface area (Å²) in [5.41, 5.74) is 0. The Balaban J connectivity index is 1.73. The molecule has 0 aromatic heterocycles. The Hall–Kier alpha value is -1.50. The van der Waals surface area contributed by atoms with E-state index in [0.29, 0.717) is 0 Å². The van der Waals surface area contributed by atoms with E-state index in [1.54, 1.807) is 0 Å². The molecule has 24 heavy (non-hydrogen) atoms. The molecule has 1 spiro atoms. The largest absolute Gasteiger partial charge is 0.498 e. The lowest BCUT2D eigenvalue weighted by Gasteiger charge is -2.35. The first-order valence-electron chi connectivity index (χ1n) is 8.49. The summed E-state index contributed by atoms with van der Waals surface area (Å²) in [5.74, 6) is -0.534. The van der Waals surface area contributed by atoms with Gasteiger partial charge in [0.05, 0.1) is 18.8 Å². The van der Waals surface area contributed by atoms with Crippen LogP contribution in [-0.2, 0) is 28.4 Å². The van der Waals surface area contributed by atoms with Crippen LogP contribution < -0.4 is 0 Å². The summed E-state index contributed by atoms with van der Waals surface area (Å²) in [6, 6.07) is 0. The van der Waals surface area contributed by atoms with Crippen molar-refractivity contribution in [1.29, 1.82) is 0 Å². The fraction of sp³-hybridized carbons (Fsp3) is 0.667. The van der Waals surface area contributed by atoms with Gasteiger partial charge in [0.1, 0.15) is 12.7 Å². The van der Waals surface area contributed by atoms with Gasteiger partial charge in [-0.25, -0.2) is 0 Å². The highest BCUT2D eigenvalue weighted by Gasteiger charge is 2.60. The van der Waals surface area contributed by atoms with Gasteiger partial charge in [0, 0.05) is 12.8 Å². The van der Waals surface area contributed by atoms with E-state index in [9.17, 15) is 0 Å². The second kappa shape index (κ2) is 7.59. The second-order valence-electron chi connectivity index (χ2n) is 6.25. The van der Waals surface area contributed by atoms with Crippen LogP contribution in [0.5, 0.6) is 0 Å². The van der Waals surface area contributed by atoms with E-state index in [0.717, 1.165) is 25.7 Å². The molecule has 1 saturated carbocycles. The monoisotopic (exact) mass is 338 g/mol. The molecule has 0 radical (unpaired) electrons. The summed E-state index contributed by atoms with van der Waals surface area (Å²) in [4.78, 5) is 0. The van der Waals surface area contributed by atoms with Gasteiger partial charge < -0.3 is 28.4 Å². The molecule has 1 aliphatic carbocycles. The van der Waals surface area contributed by atoms with Crippen LogP contribution in [0.25, 0.3) is 0 Å². The minimum atomic E-state index is -0.534. The average molecular weight is 338 g/mol. The number of fused-ring (bicyclic) bond motifs is 1. The fourth-order valence-corrected chi connectivity index (χ4v) is 3.75. The molecule has 0 aromatic carbocycles. The van der Waals surface area contributed by atoms with Gasteiger partial charge in [-0.3, -0.25) is 0 Å². The minimum Gasteiger partial charge on any atom is -0.498 e. The molecule has 2 saturated heterocycles. The number of hydrogen-bond acceptors (Lipinski definition) is 6. The van der Waals surface area contributed by atoms with Crippen LogP contribution in [0.15, 0.2) is 38.5 Å². The van der Waals surface area contributed by atoms with Crippen molar-refractivity contribution in [3.63, 3.8) is 0 Å². The van der Waals surface area contributed by atoms with E-state index < -0.39 is 24.3 Å². The molecule has 3 rings (SSSR count). The van der Waals surface area contributed by atoms with Crippen LogP contribution >= 0.6 is 0 Å². The first-order valence-corrected chi connectivity index (χ1v) is 8.49. The zero-order valence-corrected chi connectivity index (χ0v) is 13.9. The van der Waals surface area contributed by atoms with Crippen LogP contribution in [0.2, 0.25) is 0 Å². The molecular weight excluding hydrogens is 312 g/mol. The molecule has 0 bridgehead atoms. The molecule has 0 aromatic rings. The fourth-order valence-electron chi connectivity index (χ4n) is 3.75. The molecule has 2 aliphatic heterocycles. The number of rotatable bonds is 8. The van der Waals surface area contributed by atoms with E-state index in [4.69, 9.17) is 28.4 Å². The lowest BCUT2D eigenvalue weighted by atomic mass is 9.94. The first kappa shape index (κ1) is 17.3. The Bertz CT molecular complexity index is 458. The standard InChI is InChI=1S/C18H26O6/c1-4-19-12-13(20-5-2)14-15(21-6-3)16-17(22-14)24-18(23-16)10-8-7-9-11-18/h4-6,13-17H,1-3,7-12H2/t13-,14-,15+,16-,17-/m1/s1. The van der Waals surface area contributed by atoms with Crippen molar-refractivity contribution in [3.8, 4) is 0 Å². The summed E-state index contributed by atoms with van der Waals surface area (Å²) < 4.78 is 35.0. The van der Waals surface area contributed by atoms with Crippen molar-refractivity contribution >= 4 is 0 Å². The van der Waals surface area contributed by atoms with Gasteiger partial charge in [-0.2, -0.15) is 0 Å². The van der Waals surface area contributed by atoms with Crippen molar-refractivity contribution in [3.05, 3.63) is 38.5 Å². The minimum absolute atomic E-state index is 0.266. The summed E-state index contributed by atoms with van der Waals surface area (Å²) in [7, 11) is 0. The summed E-state index contributed by atoms with van der Waals surface area (Å²) in [6.45, 7) is 11.1. The molecule has 0 unspecified atom stereocenters. The average Bonchev–Trinajstić information content (AvgIpc) is 3.08. The normalized spacial score (nSPS) is 35.0. The van der Waals surface area contributed by atoms with E-state index in [2.05, 4.69) is 19.7 Å². The van der Waals surface area contributed by atoms with Crippen LogP contribution in [-0.4, -0.2) is 43.1 Å². The Morgan fingerprint density at radius 3 is 2.50 bits per heavy atom. The Kier molecular flexibility index (Phi) is 5.48. The van der Waals surface area contributed by atoms with Crippen LogP contribution in [0.1, 0.15) is 32.1 Å². The van der Waals surface area contributed by atoms with Gasteiger partial charge in [-0.05, 0) is 12.8 Å². The summed E-state index contributed by atoms with van der Waals surface area (Å²) in [6.07, 6.45) is 7.33. The highest BCUT2D eigenvalue weighted by atomic mass is 16.8. The Morgan fingerprint density at radius 2 is 1.83 bits per heavy atom. The quantitative estimate of drug-likeness (QED) is 0.634. The first-order chi connectivity index (χ1) is 11.7. The molecule has 2 heterocycles.